The summed E-state index contributed by atoms with van der Waals surface area (Å²) in [6.45, 7) is 1.88. The van der Waals surface area contributed by atoms with E-state index in [1.165, 1.54) is 12.3 Å². The Morgan fingerprint density at radius 2 is 1.85 bits per heavy atom. The van der Waals surface area contributed by atoms with Gasteiger partial charge in [0, 0.05) is 13.1 Å². The fourth-order valence-electron chi connectivity index (χ4n) is 2.46. The van der Waals surface area contributed by atoms with E-state index >= 15 is 0 Å². The van der Waals surface area contributed by atoms with Crippen LogP contribution in [0.1, 0.15) is 5.56 Å². The smallest absolute Gasteiger partial charge is 0.229 e. The molecule has 0 amide bonds. The van der Waals surface area contributed by atoms with E-state index in [2.05, 4.69) is 25.9 Å². The van der Waals surface area contributed by atoms with Crippen LogP contribution in [-0.4, -0.2) is 24.1 Å². The number of rotatable bonds is 6. The van der Waals surface area contributed by atoms with Gasteiger partial charge < -0.3 is 20.7 Å². The van der Waals surface area contributed by atoms with E-state index in [0.29, 0.717) is 16.5 Å². The molecule has 0 fully saturated rings. The quantitative estimate of drug-likeness (QED) is 0.545. The molecule has 0 spiro atoms. The summed E-state index contributed by atoms with van der Waals surface area (Å²) < 4.78 is 19.2. The number of nitrogens with one attached hydrogen (secondary N) is 3. The molecule has 8 heteroatoms. The van der Waals surface area contributed by atoms with Crippen LogP contribution in [0.2, 0.25) is 5.02 Å². The molecule has 140 valence electrons. The predicted octanol–water partition coefficient (Wildman–Crippen LogP) is 5.12. The highest BCUT2D eigenvalue weighted by molar-refractivity contribution is 6.33. The van der Waals surface area contributed by atoms with Crippen molar-refractivity contribution in [2.45, 2.75) is 6.92 Å². The first kappa shape index (κ1) is 18.7. The lowest BCUT2D eigenvalue weighted by molar-refractivity contribution is 0.415. The van der Waals surface area contributed by atoms with Crippen LogP contribution < -0.4 is 20.7 Å². The number of hydrogen-bond donors (Lipinski definition) is 3. The van der Waals surface area contributed by atoms with E-state index < -0.39 is 0 Å². The normalized spacial score (nSPS) is 10.4. The minimum Gasteiger partial charge on any atom is -0.497 e. The highest BCUT2D eigenvalue weighted by Gasteiger charge is 2.11. The first-order valence-electron chi connectivity index (χ1n) is 8.18. The van der Waals surface area contributed by atoms with Crippen molar-refractivity contribution in [1.82, 2.24) is 9.97 Å². The molecule has 0 aliphatic carbocycles. The van der Waals surface area contributed by atoms with E-state index in [4.69, 9.17) is 16.3 Å². The summed E-state index contributed by atoms with van der Waals surface area (Å²) in [7, 11) is 3.40. The average Bonchev–Trinajstić information content (AvgIpc) is 2.67. The first-order valence-corrected chi connectivity index (χ1v) is 8.56. The summed E-state index contributed by atoms with van der Waals surface area (Å²) in [5.74, 6) is 0.951. The lowest BCUT2D eigenvalue weighted by atomic mass is 10.2. The molecule has 27 heavy (non-hydrogen) atoms. The van der Waals surface area contributed by atoms with Crippen molar-refractivity contribution in [2.75, 3.05) is 30.1 Å². The minimum atomic E-state index is -0.388. The molecular formula is C19H19ClFN5O. The number of nitrogens with zero attached hydrogens (tertiary/aromatic N) is 2. The van der Waals surface area contributed by atoms with Crippen molar-refractivity contribution < 1.29 is 9.13 Å². The van der Waals surface area contributed by atoms with Crippen molar-refractivity contribution >= 4 is 40.4 Å². The van der Waals surface area contributed by atoms with Gasteiger partial charge in [0.25, 0.3) is 0 Å². The van der Waals surface area contributed by atoms with Gasteiger partial charge in [-0.3, -0.25) is 0 Å². The van der Waals surface area contributed by atoms with Gasteiger partial charge in [0.2, 0.25) is 5.95 Å². The van der Waals surface area contributed by atoms with Crippen molar-refractivity contribution in [3.8, 4) is 5.75 Å². The monoisotopic (exact) mass is 387 g/mol. The number of benzene rings is 2. The number of hydrogen-bond acceptors (Lipinski definition) is 6. The van der Waals surface area contributed by atoms with Crippen LogP contribution in [0.4, 0.5) is 33.2 Å². The third kappa shape index (κ3) is 4.38. The highest BCUT2D eigenvalue weighted by Crippen LogP contribution is 2.31. The van der Waals surface area contributed by atoms with E-state index in [0.717, 1.165) is 22.7 Å². The van der Waals surface area contributed by atoms with E-state index in [-0.39, 0.29) is 11.8 Å². The number of ether oxygens (including phenoxy) is 1. The molecule has 0 radical (unpaired) electrons. The molecule has 0 aliphatic rings. The van der Waals surface area contributed by atoms with Crippen LogP contribution in [0.15, 0.2) is 42.6 Å². The number of aryl methyl sites for hydroxylation is 1. The minimum absolute atomic E-state index is 0.228. The maximum Gasteiger partial charge on any atom is 0.229 e. The summed E-state index contributed by atoms with van der Waals surface area (Å²) in [6, 6.07) is 10.3. The second kappa shape index (κ2) is 8.09. The fraction of sp³-hybridized carbons (Fsp3) is 0.158. The molecule has 3 N–H and O–H groups in total. The Kier molecular flexibility index (Phi) is 5.61. The Bertz CT molecular complexity index is 967. The van der Waals surface area contributed by atoms with Crippen LogP contribution in [0.25, 0.3) is 0 Å². The number of anilines is 5. The molecule has 2 aromatic carbocycles. The highest BCUT2D eigenvalue weighted by atomic mass is 35.5. The number of aromatic nitrogens is 2. The van der Waals surface area contributed by atoms with Gasteiger partial charge in [0.1, 0.15) is 16.6 Å². The third-order valence-corrected chi connectivity index (χ3v) is 4.14. The van der Waals surface area contributed by atoms with Crippen LogP contribution in [0.5, 0.6) is 5.75 Å². The van der Waals surface area contributed by atoms with Crippen molar-refractivity contribution in [3.05, 3.63) is 59.0 Å². The van der Waals surface area contributed by atoms with Gasteiger partial charge in [-0.05, 0) is 36.8 Å². The van der Waals surface area contributed by atoms with E-state index in [1.54, 1.807) is 26.3 Å². The Labute approximate surface area is 161 Å². The molecule has 0 saturated heterocycles. The summed E-state index contributed by atoms with van der Waals surface area (Å²) in [5.41, 5.74) is 2.78. The maximum atomic E-state index is 14.0. The second-order valence-corrected chi connectivity index (χ2v) is 6.19. The molecule has 0 atom stereocenters. The van der Waals surface area contributed by atoms with Gasteiger partial charge >= 0.3 is 0 Å². The lowest BCUT2D eigenvalue weighted by Crippen LogP contribution is -2.04. The lowest BCUT2D eigenvalue weighted by Gasteiger charge is -2.14. The van der Waals surface area contributed by atoms with Crippen molar-refractivity contribution in [2.24, 2.45) is 0 Å². The standard InChI is InChI=1S/C19H19ClFN5O/c1-11-4-6-14(21)16(8-11)25-19-23-10-13(20)18(26-19)24-15-7-5-12(27-3)9-17(15)22-2/h4-10,22H,1-3H3,(H2,23,24,25,26). The Balaban J connectivity index is 1.89. The number of methoxy groups -OCH3 is 1. The molecule has 0 saturated carbocycles. The topological polar surface area (TPSA) is 71.1 Å². The van der Waals surface area contributed by atoms with Gasteiger partial charge in [-0.1, -0.05) is 17.7 Å². The van der Waals surface area contributed by atoms with E-state index in [1.807, 2.05) is 25.1 Å². The average molecular weight is 388 g/mol. The summed E-state index contributed by atoms with van der Waals surface area (Å²) in [4.78, 5) is 8.48. The number of halogens is 2. The largest absolute Gasteiger partial charge is 0.497 e. The molecule has 3 rings (SSSR count). The Hall–Kier alpha value is -3.06. The Morgan fingerprint density at radius 3 is 2.59 bits per heavy atom. The molecule has 0 aliphatic heterocycles. The molecular weight excluding hydrogens is 369 g/mol. The van der Waals surface area contributed by atoms with Crippen molar-refractivity contribution in [3.63, 3.8) is 0 Å². The van der Waals surface area contributed by atoms with Gasteiger partial charge in [0.15, 0.2) is 5.82 Å². The zero-order valence-electron chi connectivity index (χ0n) is 15.1. The summed E-state index contributed by atoms with van der Waals surface area (Å²) >= 11 is 6.23. The van der Waals surface area contributed by atoms with Gasteiger partial charge in [-0.25, -0.2) is 9.37 Å². The fourth-order valence-corrected chi connectivity index (χ4v) is 2.60. The summed E-state index contributed by atoms with van der Waals surface area (Å²) in [6.07, 6.45) is 1.45. The Morgan fingerprint density at radius 1 is 1.04 bits per heavy atom. The maximum absolute atomic E-state index is 14.0. The van der Waals surface area contributed by atoms with Crippen LogP contribution in [0.3, 0.4) is 0 Å². The van der Waals surface area contributed by atoms with Crippen molar-refractivity contribution in [1.29, 1.82) is 0 Å². The second-order valence-electron chi connectivity index (χ2n) is 5.78. The molecule has 6 nitrogen and oxygen atoms in total. The van der Waals surface area contributed by atoms with Crippen LogP contribution in [-0.2, 0) is 0 Å². The SMILES string of the molecule is CNc1cc(OC)ccc1Nc1nc(Nc2cc(C)ccc2F)ncc1Cl. The third-order valence-electron chi connectivity index (χ3n) is 3.86. The molecule has 1 heterocycles. The molecule has 0 bridgehead atoms. The van der Waals surface area contributed by atoms with Crippen LogP contribution in [0, 0.1) is 12.7 Å². The predicted molar refractivity (Wildman–Crippen MR) is 107 cm³/mol. The molecule has 0 unspecified atom stereocenters. The van der Waals surface area contributed by atoms with Gasteiger partial charge in [0.05, 0.1) is 30.4 Å². The first-order chi connectivity index (χ1) is 13.0. The molecule has 3 aromatic rings. The summed E-state index contributed by atoms with van der Waals surface area (Å²) in [5, 5.41) is 9.46. The molecule has 1 aromatic heterocycles. The van der Waals surface area contributed by atoms with Gasteiger partial charge in [-0.2, -0.15) is 4.98 Å². The van der Waals surface area contributed by atoms with Crippen LogP contribution >= 0.6 is 11.6 Å². The van der Waals surface area contributed by atoms with Gasteiger partial charge in [-0.15, -0.1) is 0 Å². The zero-order valence-corrected chi connectivity index (χ0v) is 15.9. The zero-order chi connectivity index (χ0) is 19.4. The van der Waals surface area contributed by atoms with E-state index in [9.17, 15) is 4.39 Å².